The number of carbonyl (C=O) groups excluding carboxylic acids is 2. The normalized spacial score (nSPS) is 10.1. The molecule has 8 heteroatoms. The summed E-state index contributed by atoms with van der Waals surface area (Å²) in [4.78, 5) is 26.8. The van der Waals surface area contributed by atoms with Crippen LogP contribution in [0.2, 0.25) is 0 Å². The Labute approximate surface area is 126 Å². The number of carbonyl (C=O) groups is 2. The summed E-state index contributed by atoms with van der Waals surface area (Å²) in [7, 11) is 0. The van der Waals surface area contributed by atoms with E-state index in [9.17, 15) is 9.59 Å². The first kappa shape index (κ1) is 15.0. The molecule has 0 spiro atoms. The molecule has 0 fully saturated rings. The average Bonchev–Trinajstić information content (AvgIpc) is 2.95. The van der Waals surface area contributed by atoms with Crippen molar-refractivity contribution in [3.8, 4) is 5.69 Å². The molecule has 0 saturated heterocycles. The molecule has 0 aliphatic heterocycles. The van der Waals surface area contributed by atoms with E-state index in [4.69, 9.17) is 0 Å². The minimum Gasteiger partial charge on any atom is -0.338 e. The molecule has 3 amide bonds. The third-order valence-corrected chi connectivity index (χ3v) is 3.27. The lowest BCUT2D eigenvalue weighted by Gasteiger charge is -2.03. The number of hydrogen-bond acceptors (Lipinski definition) is 5. The minimum absolute atomic E-state index is 0.0793. The van der Waals surface area contributed by atoms with Gasteiger partial charge in [0.25, 0.3) is 0 Å². The Kier molecular flexibility index (Phi) is 5.33. The lowest BCUT2D eigenvalue weighted by molar-refractivity contribution is -0.117. The fourth-order valence-corrected chi connectivity index (χ4v) is 2.12. The Morgan fingerprint density at radius 1 is 1.29 bits per heavy atom. The van der Waals surface area contributed by atoms with E-state index in [1.807, 2.05) is 30.3 Å². The van der Waals surface area contributed by atoms with Crippen LogP contribution >= 0.6 is 11.8 Å². The summed E-state index contributed by atoms with van der Waals surface area (Å²) in [5, 5.41) is 9.43. The second-order valence-electron chi connectivity index (χ2n) is 4.00. The van der Waals surface area contributed by atoms with Crippen LogP contribution in [0.25, 0.3) is 5.69 Å². The zero-order valence-corrected chi connectivity index (χ0v) is 12.3. The summed E-state index contributed by atoms with van der Waals surface area (Å²) in [5.74, 6) is -0.308. The monoisotopic (exact) mass is 305 g/mol. The van der Waals surface area contributed by atoms with Crippen molar-refractivity contribution < 1.29 is 9.59 Å². The quantitative estimate of drug-likeness (QED) is 0.810. The number of nitrogens with one attached hydrogen (secondary N) is 2. The van der Waals surface area contributed by atoms with Crippen LogP contribution in [0.3, 0.4) is 0 Å². The Bertz CT molecular complexity index is 614. The molecule has 2 rings (SSSR count). The number of imide groups is 1. The highest BCUT2D eigenvalue weighted by Gasteiger charge is 2.09. The molecule has 0 radical (unpaired) electrons. The average molecular weight is 305 g/mol. The summed E-state index contributed by atoms with van der Waals surface area (Å²) in [5.41, 5.74) is 0.892. The van der Waals surface area contributed by atoms with E-state index in [-0.39, 0.29) is 11.7 Å². The predicted molar refractivity (Wildman–Crippen MR) is 79.3 cm³/mol. The summed E-state index contributed by atoms with van der Waals surface area (Å²) in [6.07, 6.45) is 1.58. The standard InChI is InChI=1S/C13H15N5O2S/c1-2-14-12(20)16-11(19)8-21-13-15-9-18(17-13)10-6-4-3-5-7-10/h3-7,9H,2,8H2,1H3,(H2,14,16,19,20). The fraction of sp³-hybridized carbons (Fsp3) is 0.231. The highest BCUT2D eigenvalue weighted by Crippen LogP contribution is 2.13. The molecule has 0 unspecified atom stereocenters. The third kappa shape index (κ3) is 4.60. The van der Waals surface area contributed by atoms with Crippen molar-refractivity contribution in [2.75, 3.05) is 12.3 Å². The maximum atomic E-state index is 11.5. The van der Waals surface area contributed by atoms with Crippen molar-refractivity contribution in [3.63, 3.8) is 0 Å². The van der Waals surface area contributed by atoms with Gasteiger partial charge >= 0.3 is 6.03 Å². The van der Waals surface area contributed by atoms with Gasteiger partial charge in [0, 0.05) is 6.54 Å². The van der Waals surface area contributed by atoms with E-state index in [1.54, 1.807) is 17.9 Å². The number of hydrogen-bond donors (Lipinski definition) is 2. The summed E-state index contributed by atoms with van der Waals surface area (Å²) < 4.78 is 1.63. The maximum Gasteiger partial charge on any atom is 0.321 e. The van der Waals surface area contributed by atoms with E-state index in [0.717, 1.165) is 5.69 Å². The second kappa shape index (κ2) is 7.44. The number of nitrogens with zero attached hydrogens (tertiary/aromatic N) is 3. The van der Waals surface area contributed by atoms with Crippen LogP contribution < -0.4 is 10.6 Å². The fourth-order valence-electron chi connectivity index (χ4n) is 1.52. The van der Waals surface area contributed by atoms with Crippen LogP contribution in [0, 0.1) is 0 Å². The second-order valence-corrected chi connectivity index (χ2v) is 4.95. The third-order valence-electron chi connectivity index (χ3n) is 2.41. The molecule has 21 heavy (non-hydrogen) atoms. The maximum absolute atomic E-state index is 11.5. The van der Waals surface area contributed by atoms with E-state index >= 15 is 0 Å². The lowest BCUT2D eigenvalue weighted by Crippen LogP contribution is -2.40. The van der Waals surface area contributed by atoms with Crippen LogP contribution in [0.4, 0.5) is 4.79 Å². The van der Waals surface area contributed by atoms with Crippen LogP contribution in [0.1, 0.15) is 6.92 Å². The van der Waals surface area contributed by atoms with Crippen LogP contribution in [0.15, 0.2) is 41.8 Å². The van der Waals surface area contributed by atoms with Gasteiger partial charge in [0.05, 0.1) is 11.4 Å². The molecular formula is C13H15N5O2S. The van der Waals surface area contributed by atoms with Gasteiger partial charge in [0.1, 0.15) is 6.33 Å². The first-order valence-corrected chi connectivity index (χ1v) is 7.35. The Hall–Kier alpha value is -2.35. The number of amides is 3. The summed E-state index contributed by atoms with van der Waals surface area (Å²) >= 11 is 1.17. The van der Waals surface area contributed by atoms with Gasteiger partial charge < -0.3 is 5.32 Å². The highest BCUT2D eigenvalue weighted by molar-refractivity contribution is 7.99. The van der Waals surface area contributed by atoms with Crippen molar-refractivity contribution in [3.05, 3.63) is 36.7 Å². The molecular weight excluding hydrogens is 290 g/mol. The van der Waals surface area contributed by atoms with Gasteiger partial charge in [-0.25, -0.2) is 14.5 Å². The van der Waals surface area contributed by atoms with E-state index in [2.05, 4.69) is 20.7 Å². The zero-order chi connectivity index (χ0) is 15.1. The van der Waals surface area contributed by atoms with Crippen molar-refractivity contribution in [1.82, 2.24) is 25.4 Å². The number of thioether (sulfide) groups is 1. The number of rotatable bonds is 5. The lowest BCUT2D eigenvalue weighted by atomic mass is 10.3. The van der Waals surface area contributed by atoms with Crippen molar-refractivity contribution in [2.45, 2.75) is 12.1 Å². The predicted octanol–water partition coefficient (Wildman–Crippen LogP) is 1.21. The Morgan fingerprint density at radius 3 is 2.76 bits per heavy atom. The van der Waals surface area contributed by atoms with Gasteiger partial charge in [0.15, 0.2) is 0 Å². The first-order chi connectivity index (χ1) is 10.2. The van der Waals surface area contributed by atoms with Gasteiger partial charge in [-0.05, 0) is 19.1 Å². The molecule has 2 N–H and O–H groups in total. The zero-order valence-electron chi connectivity index (χ0n) is 11.4. The van der Waals surface area contributed by atoms with Gasteiger partial charge in [-0.2, -0.15) is 0 Å². The van der Waals surface area contributed by atoms with E-state index in [0.29, 0.717) is 11.7 Å². The molecule has 110 valence electrons. The van der Waals surface area contributed by atoms with Crippen LogP contribution in [-0.4, -0.2) is 39.0 Å². The van der Waals surface area contributed by atoms with E-state index < -0.39 is 6.03 Å². The summed E-state index contributed by atoms with van der Waals surface area (Å²) in [6, 6.07) is 9.05. The molecule has 2 aromatic rings. The molecule has 0 aliphatic rings. The number of aromatic nitrogens is 3. The number of urea groups is 1. The van der Waals surface area contributed by atoms with Crippen LogP contribution in [0.5, 0.6) is 0 Å². The molecule has 0 bridgehead atoms. The van der Waals surface area contributed by atoms with Gasteiger partial charge in [-0.15, -0.1) is 5.10 Å². The minimum atomic E-state index is -0.495. The Morgan fingerprint density at radius 2 is 2.05 bits per heavy atom. The first-order valence-electron chi connectivity index (χ1n) is 6.36. The SMILES string of the molecule is CCNC(=O)NC(=O)CSc1ncn(-c2ccccc2)n1. The molecule has 1 aromatic carbocycles. The number of benzene rings is 1. The van der Waals surface area contributed by atoms with Crippen molar-refractivity contribution in [2.24, 2.45) is 0 Å². The largest absolute Gasteiger partial charge is 0.338 e. The molecule has 7 nitrogen and oxygen atoms in total. The Balaban J connectivity index is 1.86. The van der Waals surface area contributed by atoms with Crippen molar-refractivity contribution >= 4 is 23.7 Å². The van der Waals surface area contributed by atoms with Gasteiger partial charge in [0.2, 0.25) is 11.1 Å². The highest BCUT2D eigenvalue weighted by atomic mass is 32.2. The van der Waals surface area contributed by atoms with Crippen LogP contribution in [-0.2, 0) is 4.79 Å². The smallest absolute Gasteiger partial charge is 0.321 e. The summed E-state index contributed by atoms with van der Waals surface area (Å²) in [6.45, 7) is 2.24. The molecule has 1 heterocycles. The molecule has 1 aromatic heterocycles. The molecule has 0 atom stereocenters. The molecule has 0 saturated carbocycles. The van der Waals surface area contributed by atoms with Gasteiger partial charge in [-0.1, -0.05) is 30.0 Å². The van der Waals surface area contributed by atoms with Crippen molar-refractivity contribution in [1.29, 1.82) is 0 Å². The van der Waals surface area contributed by atoms with Gasteiger partial charge in [-0.3, -0.25) is 10.1 Å². The topological polar surface area (TPSA) is 88.9 Å². The van der Waals surface area contributed by atoms with E-state index in [1.165, 1.54) is 11.8 Å². The number of para-hydroxylation sites is 1. The molecule has 0 aliphatic carbocycles.